The summed E-state index contributed by atoms with van der Waals surface area (Å²) in [7, 11) is -7.53. The first-order chi connectivity index (χ1) is 9.03. The maximum absolute atomic E-state index is 12.0. The first-order valence-electron chi connectivity index (χ1n) is 5.43. The van der Waals surface area contributed by atoms with Crippen LogP contribution in [0.5, 0.6) is 0 Å². The van der Waals surface area contributed by atoms with Crippen molar-refractivity contribution in [3.8, 4) is 0 Å². The van der Waals surface area contributed by atoms with Crippen molar-refractivity contribution in [3.63, 3.8) is 0 Å². The summed E-state index contributed by atoms with van der Waals surface area (Å²) in [6, 6.07) is 4.41. The topological polar surface area (TPSA) is 132 Å². The van der Waals surface area contributed by atoms with E-state index >= 15 is 0 Å². The summed E-state index contributed by atoms with van der Waals surface area (Å²) < 4.78 is 47.7. The fraction of sp³-hybridized carbons (Fsp3) is 0.300. The van der Waals surface area contributed by atoms with Gasteiger partial charge in [0.25, 0.3) is 0 Å². The van der Waals surface area contributed by atoms with Gasteiger partial charge in [0.1, 0.15) is 4.99 Å². The number of sulfonamides is 2. The molecule has 5 N–H and O–H groups in total. The highest BCUT2D eigenvalue weighted by Gasteiger charge is 2.17. The van der Waals surface area contributed by atoms with Crippen LogP contribution in [0.2, 0.25) is 0 Å². The molecule has 0 aromatic heterocycles. The van der Waals surface area contributed by atoms with Crippen molar-refractivity contribution < 1.29 is 16.8 Å². The molecule has 0 unspecified atom stereocenters. The number of nitrogens with two attached hydrogens (primary N) is 2. The Balaban J connectivity index is 2.96. The fourth-order valence-electron chi connectivity index (χ4n) is 1.50. The maximum Gasteiger partial charge on any atom is 0.240 e. The van der Waals surface area contributed by atoms with Crippen LogP contribution in [0.15, 0.2) is 23.1 Å². The van der Waals surface area contributed by atoms with Gasteiger partial charge in [-0.25, -0.2) is 26.7 Å². The van der Waals surface area contributed by atoms with Gasteiger partial charge in [0.05, 0.1) is 10.6 Å². The van der Waals surface area contributed by atoms with Crippen LogP contribution in [0.1, 0.15) is 11.1 Å². The molecule has 0 amide bonds. The Morgan fingerprint density at radius 1 is 1.30 bits per heavy atom. The molecule has 1 rings (SSSR count). The molecule has 0 aliphatic carbocycles. The van der Waals surface area contributed by atoms with Gasteiger partial charge in [-0.15, -0.1) is 0 Å². The lowest BCUT2D eigenvalue weighted by Crippen LogP contribution is -2.32. The Kier molecular flexibility index (Phi) is 5.21. The molecular weight excluding hydrogens is 322 g/mol. The van der Waals surface area contributed by atoms with Crippen molar-refractivity contribution in [1.82, 2.24) is 4.72 Å². The van der Waals surface area contributed by atoms with Gasteiger partial charge >= 0.3 is 0 Å². The van der Waals surface area contributed by atoms with Crippen LogP contribution in [0.25, 0.3) is 0 Å². The minimum Gasteiger partial charge on any atom is -0.389 e. The maximum atomic E-state index is 12.0. The first kappa shape index (κ1) is 17.0. The normalized spacial score (nSPS) is 12.3. The summed E-state index contributed by atoms with van der Waals surface area (Å²) in [5.74, 6) is -0.476. The van der Waals surface area contributed by atoms with Gasteiger partial charge in [-0.05, 0) is 24.6 Å². The van der Waals surface area contributed by atoms with Crippen LogP contribution < -0.4 is 15.6 Å². The molecule has 0 bridgehead atoms. The molecule has 0 saturated carbocycles. The lowest BCUT2D eigenvalue weighted by atomic mass is 10.1. The molecule has 1 aromatic carbocycles. The van der Waals surface area contributed by atoms with Crippen molar-refractivity contribution >= 4 is 37.3 Å². The number of aryl methyl sites for hydroxylation is 1. The molecule has 0 saturated heterocycles. The SMILES string of the molecule is Cc1cc(C(N)=S)ccc1S(=O)(=O)NCCS(N)(=O)=O. The molecule has 0 aliphatic rings. The van der Waals surface area contributed by atoms with Crippen LogP contribution in [-0.4, -0.2) is 34.1 Å². The summed E-state index contributed by atoms with van der Waals surface area (Å²) in [5, 5.41) is 4.80. The summed E-state index contributed by atoms with van der Waals surface area (Å²) in [4.78, 5) is 0.200. The molecule has 7 nitrogen and oxygen atoms in total. The number of rotatable bonds is 6. The van der Waals surface area contributed by atoms with Gasteiger partial charge in [-0.1, -0.05) is 18.3 Å². The van der Waals surface area contributed by atoms with Gasteiger partial charge < -0.3 is 5.73 Å². The van der Waals surface area contributed by atoms with E-state index in [0.29, 0.717) is 11.1 Å². The predicted molar refractivity (Wildman–Crippen MR) is 80.2 cm³/mol. The summed E-state index contributed by atoms with van der Waals surface area (Å²) in [6.07, 6.45) is 0. The lowest BCUT2D eigenvalue weighted by Gasteiger charge is -2.10. The largest absolute Gasteiger partial charge is 0.389 e. The molecule has 0 fully saturated rings. The average molecular weight is 337 g/mol. The third kappa shape index (κ3) is 4.80. The number of hydrogen-bond acceptors (Lipinski definition) is 5. The van der Waals surface area contributed by atoms with Gasteiger partial charge in [0.2, 0.25) is 20.0 Å². The van der Waals surface area contributed by atoms with Crippen LogP contribution >= 0.6 is 12.2 Å². The van der Waals surface area contributed by atoms with E-state index in [0.717, 1.165) is 0 Å². The van der Waals surface area contributed by atoms with E-state index in [1.54, 1.807) is 13.0 Å². The summed E-state index contributed by atoms with van der Waals surface area (Å²) in [5.41, 5.74) is 6.47. The predicted octanol–water partition coefficient (Wildman–Crippen LogP) is -0.804. The number of hydrogen-bond donors (Lipinski definition) is 3. The molecule has 0 spiro atoms. The van der Waals surface area contributed by atoms with Crippen LogP contribution in [0, 0.1) is 6.92 Å². The molecule has 20 heavy (non-hydrogen) atoms. The van der Waals surface area contributed by atoms with E-state index in [1.165, 1.54) is 12.1 Å². The standard InChI is InChI=1S/C10H15N3O4S3/c1-7-6-8(10(11)18)2-3-9(7)20(16,17)13-4-5-19(12,14)15/h2-3,6,13H,4-5H2,1H3,(H2,11,18)(H2,12,14,15). The Labute approximate surface area is 123 Å². The lowest BCUT2D eigenvalue weighted by molar-refractivity contribution is 0.581. The molecular formula is C10H15N3O4S3. The quantitative estimate of drug-likeness (QED) is 0.582. The molecule has 0 atom stereocenters. The second kappa shape index (κ2) is 6.14. The average Bonchev–Trinajstić information content (AvgIpc) is 2.26. The van der Waals surface area contributed by atoms with Crippen LogP contribution in [-0.2, 0) is 20.0 Å². The Morgan fingerprint density at radius 2 is 1.90 bits per heavy atom. The smallest absolute Gasteiger partial charge is 0.240 e. The second-order valence-electron chi connectivity index (χ2n) is 4.11. The third-order valence-electron chi connectivity index (χ3n) is 2.43. The van der Waals surface area contributed by atoms with Crippen molar-refractivity contribution in [3.05, 3.63) is 29.3 Å². The van der Waals surface area contributed by atoms with E-state index in [-0.39, 0.29) is 16.4 Å². The van der Waals surface area contributed by atoms with Crippen molar-refractivity contribution in [2.75, 3.05) is 12.3 Å². The van der Waals surface area contributed by atoms with Crippen LogP contribution in [0.3, 0.4) is 0 Å². The second-order valence-corrected chi connectivity index (χ2v) is 8.02. The van der Waals surface area contributed by atoms with Gasteiger partial charge in [-0.3, -0.25) is 0 Å². The Bertz CT molecular complexity index is 726. The highest BCUT2D eigenvalue weighted by atomic mass is 32.2. The van der Waals surface area contributed by atoms with Crippen molar-refractivity contribution in [2.24, 2.45) is 10.9 Å². The van der Waals surface area contributed by atoms with Crippen molar-refractivity contribution in [1.29, 1.82) is 0 Å². The molecule has 112 valence electrons. The zero-order chi connectivity index (χ0) is 15.6. The molecule has 0 aliphatic heterocycles. The Hall–Kier alpha value is -1.07. The van der Waals surface area contributed by atoms with E-state index < -0.39 is 25.8 Å². The van der Waals surface area contributed by atoms with Gasteiger partial charge in [0.15, 0.2) is 0 Å². The molecule has 0 heterocycles. The summed E-state index contributed by atoms with van der Waals surface area (Å²) >= 11 is 4.80. The van der Waals surface area contributed by atoms with Gasteiger partial charge in [0, 0.05) is 12.1 Å². The zero-order valence-corrected chi connectivity index (χ0v) is 13.1. The highest BCUT2D eigenvalue weighted by Crippen LogP contribution is 2.16. The first-order valence-corrected chi connectivity index (χ1v) is 9.04. The highest BCUT2D eigenvalue weighted by molar-refractivity contribution is 7.90. The van der Waals surface area contributed by atoms with E-state index in [9.17, 15) is 16.8 Å². The Morgan fingerprint density at radius 3 is 2.35 bits per heavy atom. The number of benzene rings is 1. The molecule has 10 heteroatoms. The number of nitrogens with one attached hydrogen (secondary N) is 1. The van der Waals surface area contributed by atoms with E-state index in [1.807, 2.05) is 0 Å². The molecule has 1 aromatic rings. The zero-order valence-electron chi connectivity index (χ0n) is 10.7. The third-order valence-corrected chi connectivity index (χ3v) is 5.06. The van der Waals surface area contributed by atoms with Crippen molar-refractivity contribution in [2.45, 2.75) is 11.8 Å². The fourth-order valence-corrected chi connectivity index (χ4v) is 3.40. The van der Waals surface area contributed by atoms with E-state index in [2.05, 4.69) is 4.72 Å². The van der Waals surface area contributed by atoms with Crippen LogP contribution in [0.4, 0.5) is 0 Å². The van der Waals surface area contributed by atoms with E-state index in [4.69, 9.17) is 23.1 Å². The number of primary sulfonamides is 1. The monoisotopic (exact) mass is 337 g/mol. The van der Waals surface area contributed by atoms with Gasteiger partial charge in [-0.2, -0.15) is 0 Å². The minimum absolute atomic E-state index is 0.0342. The minimum atomic E-state index is -3.81. The molecule has 0 radical (unpaired) electrons. The number of thiocarbonyl (C=S) groups is 1. The summed E-state index contributed by atoms with van der Waals surface area (Å²) in [6.45, 7) is 1.30.